The number of nitrogens with zero attached hydrogens (tertiary/aromatic N) is 5. The maximum absolute atomic E-state index is 6.26. The van der Waals surface area contributed by atoms with Crippen molar-refractivity contribution in [3.8, 4) is 17.4 Å². The molecule has 3 aromatic heterocycles. The zero-order chi connectivity index (χ0) is 21.3. The number of benzene rings is 1. The summed E-state index contributed by atoms with van der Waals surface area (Å²) in [5.41, 5.74) is 9.25. The molecule has 3 N–H and O–H groups in total. The van der Waals surface area contributed by atoms with E-state index in [1.54, 1.807) is 25.6 Å². The minimum atomic E-state index is 0.280. The molecule has 0 spiro atoms. The molecule has 0 aliphatic heterocycles. The molecule has 0 saturated heterocycles. The lowest BCUT2D eigenvalue weighted by Crippen LogP contribution is -2.04. The van der Waals surface area contributed by atoms with Crippen molar-refractivity contribution in [1.82, 2.24) is 24.9 Å². The third-order valence-corrected chi connectivity index (χ3v) is 4.71. The predicted molar refractivity (Wildman–Crippen MR) is 114 cm³/mol. The number of anilines is 3. The Labute approximate surface area is 173 Å². The first-order valence-corrected chi connectivity index (χ1v) is 9.26. The molecule has 0 atom stereocenters. The molecule has 3 heterocycles. The number of rotatable bonds is 5. The van der Waals surface area contributed by atoms with Gasteiger partial charge in [-0.1, -0.05) is 6.07 Å². The predicted octanol–water partition coefficient (Wildman–Crippen LogP) is 3.87. The van der Waals surface area contributed by atoms with Crippen molar-refractivity contribution in [2.24, 2.45) is 0 Å². The Morgan fingerprint density at radius 2 is 1.80 bits per heavy atom. The van der Waals surface area contributed by atoms with Crippen molar-refractivity contribution in [1.29, 1.82) is 0 Å². The third kappa shape index (κ3) is 3.52. The molecule has 0 aliphatic rings. The molecule has 30 heavy (non-hydrogen) atoms. The summed E-state index contributed by atoms with van der Waals surface area (Å²) in [6, 6.07) is 5.59. The fraction of sp³-hybridized carbons (Fsp3) is 0.190. The van der Waals surface area contributed by atoms with Crippen LogP contribution >= 0.6 is 0 Å². The van der Waals surface area contributed by atoms with Crippen LogP contribution in [0.5, 0.6) is 17.4 Å². The zero-order valence-corrected chi connectivity index (χ0v) is 17.1. The molecule has 1 aromatic carbocycles. The molecular weight excluding hydrogens is 382 g/mol. The molecule has 9 nitrogen and oxygen atoms in total. The fourth-order valence-electron chi connectivity index (χ4n) is 3.14. The van der Waals surface area contributed by atoms with Crippen molar-refractivity contribution in [3.63, 3.8) is 0 Å². The Morgan fingerprint density at radius 1 is 1.00 bits per heavy atom. The van der Waals surface area contributed by atoms with Crippen molar-refractivity contribution >= 4 is 28.4 Å². The SMILES string of the molecule is COc1ccc(C)c(Oc2nc(Nc3nccnc3C)cc3ncnc(N)c23)c1C. The van der Waals surface area contributed by atoms with Gasteiger partial charge in [-0.05, 0) is 32.4 Å². The third-order valence-electron chi connectivity index (χ3n) is 4.71. The number of nitrogens with one attached hydrogen (secondary N) is 1. The van der Waals surface area contributed by atoms with Gasteiger partial charge in [0.05, 0.1) is 18.3 Å². The second-order valence-electron chi connectivity index (χ2n) is 6.72. The van der Waals surface area contributed by atoms with Crippen LogP contribution in [0.2, 0.25) is 0 Å². The van der Waals surface area contributed by atoms with Gasteiger partial charge in [0.25, 0.3) is 0 Å². The van der Waals surface area contributed by atoms with E-state index in [1.807, 2.05) is 32.9 Å². The number of ether oxygens (including phenoxy) is 2. The van der Waals surface area contributed by atoms with E-state index in [0.717, 1.165) is 16.8 Å². The lowest BCUT2D eigenvalue weighted by atomic mass is 10.1. The first-order chi connectivity index (χ1) is 14.5. The number of aromatic nitrogens is 5. The summed E-state index contributed by atoms with van der Waals surface area (Å²) in [6.45, 7) is 5.74. The number of hydrogen-bond acceptors (Lipinski definition) is 9. The maximum atomic E-state index is 6.26. The minimum Gasteiger partial charge on any atom is -0.496 e. The van der Waals surface area contributed by atoms with Crippen LogP contribution in [0.1, 0.15) is 16.8 Å². The second-order valence-corrected chi connectivity index (χ2v) is 6.72. The summed E-state index contributed by atoms with van der Waals surface area (Å²) >= 11 is 0. The van der Waals surface area contributed by atoms with Crippen LogP contribution in [-0.2, 0) is 0 Å². The van der Waals surface area contributed by atoms with Crippen molar-refractivity contribution < 1.29 is 9.47 Å². The first kappa shape index (κ1) is 19.3. The Morgan fingerprint density at radius 3 is 2.57 bits per heavy atom. The van der Waals surface area contributed by atoms with Gasteiger partial charge in [-0.3, -0.25) is 4.98 Å². The van der Waals surface area contributed by atoms with Crippen LogP contribution in [0.15, 0.2) is 36.9 Å². The smallest absolute Gasteiger partial charge is 0.234 e. The van der Waals surface area contributed by atoms with Gasteiger partial charge in [-0.25, -0.2) is 15.0 Å². The lowest BCUT2D eigenvalue weighted by molar-refractivity contribution is 0.402. The van der Waals surface area contributed by atoms with Gasteiger partial charge in [0.15, 0.2) is 5.82 Å². The molecule has 0 radical (unpaired) electrons. The molecule has 4 rings (SSSR count). The average Bonchev–Trinajstić information content (AvgIpc) is 2.73. The van der Waals surface area contributed by atoms with E-state index in [4.69, 9.17) is 15.2 Å². The summed E-state index contributed by atoms with van der Waals surface area (Å²) < 4.78 is 11.7. The monoisotopic (exact) mass is 403 g/mol. The molecule has 0 unspecified atom stereocenters. The number of nitrogens with two attached hydrogens (primary N) is 1. The molecular formula is C21H21N7O2. The quantitative estimate of drug-likeness (QED) is 0.511. The molecule has 0 aliphatic carbocycles. The summed E-state index contributed by atoms with van der Waals surface area (Å²) in [6.07, 6.45) is 4.64. The van der Waals surface area contributed by atoms with Gasteiger partial charge in [0, 0.05) is 24.0 Å². The van der Waals surface area contributed by atoms with Crippen LogP contribution in [0.3, 0.4) is 0 Å². The Bertz CT molecular complexity index is 1240. The second kappa shape index (κ2) is 7.78. The first-order valence-electron chi connectivity index (χ1n) is 9.26. The van der Waals surface area contributed by atoms with E-state index in [9.17, 15) is 0 Å². The number of hydrogen-bond donors (Lipinski definition) is 2. The van der Waals surface area contributed by atoms with Crippen LogP contribution in [0.25, 0.3) is 10.9 Å². The lowest BCUT2D eigenvalue weighted by Gasteiger charge is -2.16. The Kier molecular flexibility index (Phi) is 5.01. The van der Waals surface area contributed by atoms with Gasteiger partial charge >= 0.3 is 0 Å². The minimum absolute atomic E-state index is 0.280. The largest absolute Gasteiger partial charge is 0.496 e. The summed E-state index contributed by atoms with van der Waals surface area (Å²) in [4.78, 5) is 21.6. The maximum Gasteiger partial charge on any atom is 0.234 e. The van der Waals surface area contributed by atoms with Gasteiger partial charge in [-0.2, -0.15) is 4.98 Å². The van der Waals surface area contributed by atoms with Crippen molar-refractivity contribution in [2.45, 2.75) is 20.8 Å². The van der Waals surface area contributed by atoms with Gasteiger partial charge < -0.3 is 20.5 Å². The Balaban J connectivity index is 1.85. The molecule has 9 heteroatoms. The highest BCUT2D eigenvalue weighted by Gasteiger charge is 2.17. The van der Waals surface area contributed by atoms with Crippen molar-refractivity contribution in [3.05, 3.63) is 53.7 Å². The van der Waals surface area contributed by atoms with E-state index in [-0.39, 0.29) is 11.7 Å². The molecule has 0 saturated carbocycles. The highest BCUT2D eigenvalue weighted by Crippen LogP contribution is 2.38. The number of nitrogen functional groups attached to an aromatic ring is 1. The van der Waals surface area contributed by atoms with E-state index in [0.29, 0.717) is 34.0 Å². The summed E-state index contributed by atoms with van der Waals surface area (Å²) in [5.74, 6) is 3.01. The molecule has 0 bridgehead atoms. The van der Waals surface area contributed by atoms with E-state index < -0.39 is 0 Å². The molecule has 4 aromatic rings. The highest BCUT2D eigenvalue weighted by atomic mass is 16.5. The van der Waals surface area contributed by atoms with Crippen LogP contribution < -0.4 is 20.5 Å². The van der Waals surface area contributed by atoms with E-state index in [2.05, 4.69) is 30.2 Å². The summed E-state index contributed by atoms with van der Waals surface area (Å²) in [5, 5.41) is 3.70. The topological polar surface area (TPSA) is 121 Å². The number of fused-ring (bicyclic) bond motifs is 1. The summed E-state index contributed by atoms with van der Waals surface area (Å²) in [7, 11) is 1.62. The van der Waals surface area contributed by atoms with Gasteiger partial charge in [-0.15, -0.1) is 0 Å². The van der Waals surface area contributed by atoms with E-state index >= 15 is 0 Å². The number of aryl methyl sites for hydroxylation is 2. The average molecular weight is 403 g/mol. The van der Waals surface area contributed by atoms with E-state index in [1.165, 1.54) is 6.33 Å². The fourth-order valence-corrected chi connectivity index (χ4v) is 3.14. The number of methoxy groups -OCH3 is 1. The van der Waals surface area contributed by atoms with Crippen LogP contribution in [0, 0.1) is 20.8 Å². The molecule has 0 fully saturated rings. The number of pyridine rings is 1. The van der Waals surface area contributed by atoms with Gasteiger partial charge in [0.2, 0.25) is 5.88 Å². The standard InChI is InChI=1S/C21H21N7O2/c1-11-5-6-15(29-4)12(2)18(11)30-21-17-14(25-10-26-19(17)22)9-16(28-21)27-20-13(3)23-7-8-24-20/h5-10H,1-4H3,(H2,22,25,26)(H,24,27,28). The normalized spacial score (nSPS) is 10.8. The van der Waals surface area contributed by atoms with Gasteiger partial charge in [0.1, 0.15) is 34.8 Å². The molecule has 0 amide bonds. The Hall–Kier alpha value is -4.01. The molecule has 152 valence electrons. The highest BCUT2D eigenvalue weighted by molar-refractivity contribution is 5.94. The van der Waals surface area contributed by atoms with Crippen LogP contribution in [0.4, 0.5) is 17.5 Å². The zero-order valence-electron chi connectivity index (χ0n) is 17.1. The van der Waals surface area contributed by atoms with Crippen molar-refractivity contribution in [2.75, 3.05) is 18.2 Å². The van der Waals surface area contributed by atoms with Crippen LogP contribution in [-0.4, -0.2) is 32.0 Å².